The van der Waals surface area contributed by atoms with Gasteiger partial charge < -0.3 is 4.90 Å². The number of carbonyl (C=O) groups is 2. The van der Waals surface area contributed by atoms with E-state index in [1.165, 1.54) is 0 Å². The molecule has 0 aliphatic carbocycles. The lowest BCUT2D eigenvalue weighted by Gasteiger charge is -2.20. The van der Waals surface area contributed by atoms with E-state index in [1.54, 1.807) is 17.0 Å². The molecule has 0 spiro atoms. The third kappa shape index (κ3) is 3.51. The van der Waals surface area contributed by atoms with Crippen molar-refractivity contribution >= 4 is 11.8 Å². The Hall–Kier alpha value is -1.95. The number of pyridine rings is 1. The summed E-state index contributed by atoms with van der Waals surface area (Å²) < 4.78 is 0. The van der Waals surface area contributed by atoms with Gasteiger partial charge >= 0.3 is 0 Å². The van der Waals surface area contributed by atoms with E-state index in [2.05, 4.69) is 4.98 Å². The molecule has 2 heterocycles. The van der Waals surface area contributed by atoms with Crippen molar-refractivity contribution in [3.63, 3.8) is 0 Å². The van der Waals surface area contributed by atoms with Gasteiger partial charge in [0.05, 0.1) is 12.2 Å². The molecule has 2 amide bonds. The van der Waals surface area contributed by atoms with Gasteiger partial charge in [-0.1, -0.05) is 12.5 Å². The van der Waals surface area contributed by atoms with Gasteiger partial charge in [0, 0.05) is 13.0 Å². The number of hydrogen-bond acceptors (Lipinski definition) is 4. The van der Waals surface area contributed by atoms with Gasteiger partial charge in [0.1, 0.15) is 5.69 Å². The van der Waals surface area contributed by atoms with Crippen LogP contribution in [0.25, 0.3) is 0 Å². The highest BCUT2D eigenvalue weighted by molar-refractivity contribution is 5.91. The van der Waals surface area contributed by atoms with E-state index in [-0.39, 0.29) is 11.6 Å². The lowest BCUT2D eigenvalue weighted by molar-refractivity contribution is -0.131. The van der Waals surface area contributed by atoms with Crippen molar-refractivity contribution < 1.29 is 9.59 Å². The summed E-state index contributed by atoms with van der Waals surface area (Å²) in [6.45, 7) is 1.21. The van der Waals surface area contributed by atoms with Crippen LogP contribution in [0.2, 0.25) is 0 Å². The minimum absolute atomic E-state index is 0.160. The molecule has 0 bridgehead atoms. The number of aromatic nitrogens is 1. The molecule has 6 heteroatoms. The molecule has 1 saturated heterocycles. The Balaban J connectivity index is 2.09. The fourth-order valence-corrected chi connectivity index (χ4v) is 2.17. The second kappa shape index (κ2) is 6.29. The predicted octanol–water partition coefficient (Wildman–Crippen LogP) is 0.588. The normalized spacial score (nSPS) is 16.1. The Morgan fingerprint density at radius 1 is 1.37 bits per heavy atom. The molecule has 1 aliphatic heterocycles. The summed E-state index contributed by atoms with van der Waals surface area (Å²) in [5, 5.41) is 0. The van der Waals surface area contributed by atoms with Crippen LogP contribution in [0.15, 0.2) is 18.2 Å². The summed E-state index contributed by atoms with van der Waals surface area (Å²) in [6, 6.07) is 5.15. The van der Waals surface area contributed by atoms with E-state index in [1.807, 2.05) is 11.5 Å². The molecule has 1 aliphatic rings. The SMILES string of the molecule is NNC(=O)c1cccc(CN2CCCCCC2=O)n1. The topological polar surface area (TPSA) is 88.3 Å². The number of nitrogens with one attached hydrogen (secondary N) is 1. The quantitative estimate of drug-likeness (QED) is 0.474. The Bertz CT molecular complexity index is 475. The van der Waals surface area contributed by atoms with Gasteiger partial charge in [-0.05, 0) is 25.0 Å². The standard InChI is InChI=1S/C13H18N4O2/c14-16-13(19)11-6-4-5-10(15-11)9-17-8-3-1-2-7-12(17)18/h4-6H,1-3,7-9,14H2,(H,16,19). The monoisotopic (exact) mass is 262 g/mol. The number of nitrogens with zero attached hydrogens (tertiary/aromatic N) is 2. The van der Waals surface area contributed by atoms with Crippen molar-refractivity contribution in [3.05, 3.63) is 29.6 Å². The maximum absolute atomic E-state index is 11.9. The van der Waals surface area contributed by atoms with Crippen LogP contribution in [-0.4, -0.2) is 28.2 Å². The second-order valence-electron chi connectivity index (χ2n) is 4.61. The summed E-state index contributed by atoms with van der Waals surface area (Å²) >= 11 is 0. The van der Waals surface area contributed by atoms with Crippen molar-refractivity contribution in [2.45, 2.75) is 32.2 Å². The van der Waals surface area contributed by atoms with Crippen molar-refractivity contribution in [3.8, 4) is 0 Å². The van der Waals surface area contributed by atoms with Crippen LogP contribution in [0.5, 0.6) is 0 Å². The Labute approximate surface area is 112 Å². The van der Waals surface area contributed by atoms with Crippen LogP contribution in [0.1, 0.15) is 41.9 Å². The van der Waals surface area contributed by atoms with E-state index < -0.39 is 5.91 Å². The summed E-state index contributed by atoms with van der Waals surface area (Å²) in [5.74, 6) is 4.81. The van der Waals surface area contributed by atoms with Crippen LogP contribution in [0.4, 0.5) is 0 Å². The number of amides is 2. The van der Waals surface area contributed by atoms with Crippen LogP contribution in [0, 0.1) is 0 Å². The molecule has 2 rings (SSSR count). The van der Waals surface area contributed by atoms with Crippen molar-refractivity contribution in [1.82, 2.24) is 15.3 Å². The third-order valence-corrected chi connectivity index (χ3v) is 3.19. The zero-order valence-corrected chi connectivity index (χ0v) is 10.8. The van der Waals surface area contributed by atoms with E-state index in [0.717, 1.165) is 25.8 Å². The highest BCUT2D eigenvalue weighted by atomic mass is 16.2. The number of hydrazine groups is 1. The summed E-state index contributed by atoms with van der Waals surface area (Å²) in [5.41, 5.74) is 3.02. The van der Waals surface area contributed by atoms with E-state index in [0.29, 0.717) is 18.7 Å². The fraction of sp³-hybridized carbons (Fsp3) is 0.462. The van der Waals surface area contributed by atoms with Gasteiger partial charge in [-0.15, -0.1) is 0 Å². The highest BCUT2D eigenvalue weighted by Crippen LogP contribution is 2.13. The zero-order valence-electron chi connectivity index (χ0n) is 10.8. The van der Waals surface area contributed by atoms with Crippen LogP contribution in [-0.2, 0) is 11.3 Å². The Morgan fingerprint density at radius 3 is 3.00 bits per heavy atom. The van der Waals surface area contributed by atoms with Gasteiger partial charge in [0.25, 0.3) is 5.91 Å². The molecule has 1 fully saturated rings. The molecular formula is C13H18N4O2. The molecule has 19 heavy (non-hydrogen) atoms. The first-order valence-electron chi connectivity index (χ1n) is 6.45. The molecule has 0 atom stereocenters. The molecule has 1 aromatic heterocycles. The number of nitrogen functional groups attached to an aromatic ring is 1. The minimum atomic E-state index is -0.427. The average molecular weight is 262 g/mol. The average Bonchev–Trinajstić information content (AvgIpc) is 2.64. The molecule has 0 saturated carbocycles. The molecule has 102 valence electrons. The maximum Gasteiger partial charge on any atom is 0.283 e. The first kappa shape index (κ1) is 13.5. The molecule has 0 aromatic carbocycles. The number of rotatable bonds is 3. The minimum Gasteiger partial charge on any atom is -0.337 e. The van der Waals surface area contributed by atoms with Crippen molar-refractivity contribution in [2.75, 3.05) is 6.54 Å². The van der Waals surface area contributed by atoms with Crippen LogP contribution < -0.4 is 11.3 Å². The number of nitrogens with two attached hydrogens (primary N) is 1. The van der Waals surface area contributed by atoms with Gasteiger partial charge in [-0.2, -0.15) is 0 Å². The molecule has 0 radical (unpaired) electrons. The zero-order chi connectivity index (χ0) is 13.7. The van der Waals surface area contributed by atoms with Gasteiger partial charge in [-0.3, -0.25) is 15.0 Å². The smallest absolute Gasteiger partial charge is 0.283 e. The van der Waals surface area contributed by atoms with Crippen LogP contribution >= 0.6 is 0 Å². The summed E-state index contributed by atoms with van der Waals surface area (Å²) in [7, 11) is 0. The van der Waals surface area contributed by atoms with Gasteiger partial charge in [-0.25, -0.2) is 10.8 Å². The summed E-state index contributed by atoms with van der Waals surface area (Å²) in [4.78, 5) is 29.3. The number of hydrogen-bond donors (Lipinski definition) is 2. The first-order valence-corrected chi connectivity index (χ1v) is 6.45. The van der Waals surface area contributed by atoms with Crippen molar-refractivity contribution in [2.24, 2.45) is 5.84 Å². The number of carbonyl (C=O) groups excluding carboxylic acids is 2. The van der Waals surface area contributed by atoms with E-state index in [4.69, 9.17) is 5.84 Å². The van der Waals surface area contributed by atoms with Gasteiger partial charge in [0.15, 0.2) is 0 Å². The Kier molecular flexibility index (Phi) is 4.46. The number of likely N-dealkylation sites (tertiary alicyclic amines) is 1. The predicted molar refractivity (Wildman–Crippen MR) is 69.8 cm³/mol. The maximum atomic E-state index is 11.9. The molecular weight excluding hydrogens is 244 g/mol. The van der Waals surface area contributed by atoms with Gasteiger partial charge in [0.2, 0.25) is 5.91 Å². The molecule has 3 N–H and O–H groups in total. The lowest BCUT2D eigenvalue weighted by Crippen LogP contribution is -2.32. The Morgan fingerprint density at radius 2 is 2.21 bits per heavy atom. The molecule has 1 aromatic rings. The summed E-state index contributed by atoms with van der Waals surface area (Å²) in [6.07, 6.45) is 3.67. The molecule has 6 nitrogen and oxygen atoms in total. The van der Waals surface area contributed by atoms with Crippen molar-refractivity contribution in [1.29, 1.82) is 0 Å². The first-order chi connectivity index (χ1) is 9.20. The highest BCUT2D eigenvalue weighted by Gasteiger charge is 2.17. The third-order valence-electron chi connectivity index (χ3n) is 3.19. The lowest BCUT2D eigenvalue weighted by atomic mass is 10.2. The largest absolute Gasteiger partial charge is 0.337 e. The second-order valence-corrected chi connectivity index (χ2v) is 4.61. The van der Waals surface area contributed by atoms with Crippen LogP contribution in [0.3, 0.4) is 0 Å². The fourth-order valence-electron chi connectivity index (χ4n) is 2.17. The van der Waals surface area contributed by atoms with E-state index >= 15 is 0 Å². The van der Waals surface area contributed by atoms with E-state index in [9.17, 15) is 9.59 Å². The molecule has 0 unspecified atom stereocenters.